The van der Waals surface area contributed by atoms with Gasteiger partial charge in [-0.05, 0) is 53.7 Å². The highest BCUT2D eigenvalue weighted by Crippen LogP contribution is 2.37. The highest BCUT2D eigenvalue weighted by molar-refractivity contribution is 6.23. The Morgan fingerprint density at radius 1 is 0.960 bits per heavy atom. The van der Waals surface area contributed by atoms with Crippen molar-refractivity contribution in [3.05, 3.63) is 52.6 Å². The molecule has 0 aliphatic heterocycles. The molecular weight excluding hydrogens is 308 g/mol. The summed E-state index contributed by atoms with van der Waals surface area (Å²) in [5, 5.41) is 9.01. The van der Waals surface area contributed by atoms with E-state index in [1.165, 1.54) is 0 Å². The SMILES string of the molecule is Cc1cc(C#N)ccc1N=C1C=C(C(C)(C)C)C(=O)C(C(C)(C)C)=C1. The number of rotatable bonds is 1. The van der Waals surface area contributed by atoms with Gasteiger partial charge >= 0.3 is 0 Å². The number of carbonyl (C=O) groups excluding carboxylic acids is 1. The van der Waals surface area contributed by atoms with Gasteiger partial charge in [-0.15, -0.1) is 0 Å². The average Bonchev–Trinajstić information content (AvgIpc) is 2.48. The van der Waals surface area contributed by atoms with Crippen LogP contribution in [0.2, 0.25) is 0 Å². The van der Waals surface area contributed by atoms with Crippen molar-refractivity contribution in [1.82, 2.24) is 0 Å². The summed E-state index contributed by atoms with van der Waals surface area (Å²) in [6.45, 7) is 14.2. The van der Waals surface area contributed by atoms with Gasteiger partial charge in [-0.1, -0.05) is 41.5 Å². The molecule has 0 spiro atoms. The minimum absolute atomic E-state index is 0.107. The summed E-state index contributed by atoms with van der Waals surface area (Å²) in [5.41, 5.74) is 4.23. The lowest BCUT2D eigenvalue weighted by Gasteiger charge is -2.31. The largest absolute Gasteiger partial charge is 0.289 e. The Bertz CT molecular complexity index is 811. The fraction of sp³-hybridized carbons (Fsp3) is 0.409. The van der Waals surface area contributed by atoms with Crippen molar-refractivity contribution in [2.24, 2.45) is 15.8 Å². The molecule has 1 aliphatic carbocycles. The third-order valence-corrected chi connectivity index (χ3v) is 4.27. The van der Waals surface area contributed by atoms with Crippen LogP contribution in [0.5, 0.6) is 0 Å². The van der Waals surface area contributed by atoms with Gasteiger partial charge in [-0.2, -0.15) is 5.26 Å². The van der Waals surface area contributed by atoms with Crippen LogP contribution in [-0.4, -0.2) is 11.5 Å². The third-order valence-electron chi connectivity index (χ3n) is 4.27. The summed E-state index contributed by atoms with van der Waals surface area (Å²) in [5.74, 6) is 0.107. The summed E-state index contributed by atoms with van der Waals surface area (Å²) in [6.07, 6.45) is 3.80. The molecule has 0 amide bonds. The summed E-state index contributed by atoms with van der Waals surface area (Å²) in [7, 11) is 0. The highest BCUT2D eigenvalue weighted by atomic mass is 16.1. The van der Waals surface area contributed by atoms with Crippen molar-refractivity contribution < 1.29 is 4.79 Å². The van der Waals surface area contributed by atoms with Gasteiger partial charge in [0.15, 0.2) is 5.78 Å². The molecule has 0 saturated carbocycles. The van der Waals surface area contributed by atoms with Gasteiger partial charge in [0, 0.05) is 11.1 Å². The van der Waals surface area contributed by atoms with E-state index in [1.807, 2.05) is 72.8 Å². The second-order valence-corrected chi connectivity index (χ2v) is 8.59. The molecule has 1 aromatic carbocycles. The first kappa shape index (κ1) is 18.9. The zero-order chi connectivity index (χ0) is 19.0. The molecule has 1 aromatic rings. The molecular formula is C22H26N2O. The molecule has 0 N–H and O–H groups in total. The number of carbonyl (C=O) groups is 1. The Labute approximate surface area is 150 Å². The Balaban J connectivity index is 2.61. The molecule has 3 heteroatoms. The quantitative estimate of drug-likeness (QED) is 0.640. The summed E-state index contributed by atoms with van der Waals surface area (Å²) >= 11 is 0. The maximum atomic E-state index is 12.9. The second-order valence-electron chi connectivity index (χ2n) is 8.59. The van der Waals surface area contributed by atoms with Gasteiger partial charge in [-0.3, -0.25) is 4.79 Å². The summed E-state index contributed by atoms with van der Waals surface area (Å²) < 4.78 is 0. The first-order valence-corrected chi connectivity index (χ1v) is 8.52. The Hall–Kier alpha value is -2.47. The molecule has 0 aromatic heterocycles. The fourth-order valence-electron chi connectivity index (χ4n) is 2.78. The Kier molecular flexibility index (Phi) is 4.86. The number of Topliss-reactive ketones (excluding diaryl/α,β-unsaturated/α-hetero) is 1. The monoisotopic (exact) mass is 334 g/mol. The molecule has 0 fully saturated rings. The number of benzene rings is 1. The number of nitrogens with zero attached hydrogens (tertiary/aromatic N) is 2. The zero-order valence-electron chi connectivity index (χ0n) is 16.2. The van der Waals surface area contributed by atoms with E-state index in [2.05, 4.69) is 6.07 Å². The number of hydrogen-bond acceptors (Lipinski definition) is 3. The van der Waals surface area contributed by atoms with Crippen LogP contribution in [-0.2, 0) is 4.79 Å². The van der Waals surface area contributed by atoms with Crippen LogP contribution in [0.4, 0.5) is 5.69 Å². The number of aliphatic imine (C=N–C) groups is 1. The van der Waals surface area contributed by atoms with Crippen LogP contribution in [0.15, 0.2) is 46.5 Å². The molecule has 0 heterocycles. The van der Waals surface area contributed by atoms with E-state index < -0.39 is 0 Å². The van der Waals surface area contributed by atoms with Crippen LogP contribution in [0.3, 0.4) is 0 Å². The first-order chi connectivity index (χ1) is 11.4. The summed E-state index contributed by atoms with van der Waals surface area (Å²) in [6, 6.07) is 7.59. The highest BCUT2D eigenvalue weighted by Gasteiger charge is 2.34. The lowest BCUT2D eigenvalue weighted by Crippen LogP contribution is -2.29. The molecule has 2 rings (SSSR count). The standard InChI is InChI=1S/C22H26N2O/c1-14-10-15(13-23)8-9-19(14)24-16-11-17(21(2,3)4)20(25)18(12-16)22(5,6)7/h8-12H,1-7H3. The van der Waals surface area contributed by atoms with Crippen LogP contribution >= 0.6 is 0 Å². The zero-order valence-corrected chi connectivity index (χ0v) is 16.2. The summed E-state index contributed by atoms with van der Waals surface area (Å²) in [4.78, 5) is 17.7. The average molecular weight is 334 g/mol. The minimum Gasteiger partial charge on any atom is -0.289 e. The Morgan fingerprint density at radius 2 is 1.48 bits per heavy atom. The smallest absolute Gasteiger partial charge is 0.186 e. The first-order valence-electron chi connectivity index (χ1n) is 8.52. The molecule has 3 nitrogen and oxygen atoms in total. The van der Waals surface area contributed by atoms with Crippen molar-refractivity contribution in [2.75, 3.05) is 0 Å². The van der Waals surface area contributed by atoms with Gasteiger partial charge in [-0.25, -0.2) is 4.99 Å². The fourth-order valence-corrected chi connectivity index (χ4v) is 2.78. The Morgan fingerprint density at radius 3 is 1.88 bits per heavy atom. The maximum Gasteiger partial charge on any atom is 0.186 e. The van der Waals surface area contributed by atoms with E-state index in [0.717, 1.165) is 28.1 Å². The van der Waals surface area contributed by atoms with E-state index in [4.69, 9.17) is 10.3 Å². The van der Waals surface area contributed by atoms with Crippen molar-refractivity contribution in [1.29, 1.82) is 5.26 Å². The van der Waals surface area contributed by atoms with Gasteiger partial charge < -0.3 is 0 Å². The number of hydrogen-bond donors (Lipinski definition) is 0. The van der Waals surface area contributed by atoms with Gasteiger partial charge in [0.05, 0.1) is 23.0 Å². The molecule has 0 radical (unpaired) electrons. The van der Waals surface area contributed by atoms with Gasteiger partial charge in [0.1, 0.15) is 0 Å². The number of allylic oxidation sites excluding steroid dienone is 4. The van der Waals surface area contributed by atoms with Crippen molar-refractivity contribution in [2.45, 2.75) is 48.5 Å². The molecule has 130 valence electrons. The normalized spacial score (nSPS) is 15.4. The van der Waals surface area contributed by atoms with Crippen molar-refractivity contribution in [3.63, 3.8) is 0 Å². The second kappa shape index (κ2) is 6.44. The number of aryl methyl sites for hydroxylation is 1. The molecule has 25 heavy (non-hydrogen) atoms. The predicted molar refractivity (Wildman–Crippen MR) is 103 cm³/mol. The van der Waals surface area contributed by atoms with E-state index in [1.54, 1.807) is 6.07 Å². The lowest BCUT2D eigenvalue weighted by atomic mass is 9.72. The molecule has 0 saturated heterocycles. The molecule has 0 unspecified atom stereocenters. The number of nitriles is 1. The van der Waals surface area contributed by atoms with Crippen LogP contribution in [0.1, 0.15) is 52.7 Å². The molecule has 0 bridgehead atoms. The van der Waals surface area contributed by atoms with Gasteiger partial charge in [0.2, 0.25) is 0 Å². The molecule has 0 atom stereocenters. The maximum absolute atomic E-state index is 12.9. The van der Waals surface area contributed by atoms with Crippen LogP contribution in [0.25, 0.3) is 0 Å². The number of ketones is 1. The molecule has 1 aliphatic rings. The van der Waals surface area contributed by atoms with Crippen molar-refractivity contribution >= 4 is 17.2 Å². The van der Waals surface area contributed by atoms with Gasteiger partial charge in [0.25, 0.3) is 0 Å². The predicted octanol–water partition coefficient (Wildman–Crippen LogP) is 5.47. The minimum atomic E-state index is -0.248. The lowest BCUT2D eigenvalue weighted by molar-refractivity contribution is -0.114. The third kappa shape index (κ3) is 4.14. The van der Waals surface area contributed by atoms with E-state index in [9.17, 15) is 4.79 Å². The van der Waals surface area contributed by atoms with E-state index >= 15 is 0 Å². The van der Waals surface area contributed by atoms with Crippen LogP contribution in [0, 0.1) is 29.1 Å². The van der Waals surface area contributed by atoms with E-state index in [0.29, 0.717) is 5.56 Å². The van der Waals surface area contributed by atoms with Crippen LogP contribution < -0.4 is 0 Å². The van der Waals surface area contributed by atoms with Crippen molar-refractivity contribution in [3.8, 4) is 6.07 Å². The topological polar surface area (TPSA) is 53.2 Å². The van der Waals surface area contributed by atoms with E-state index in [-0.39, 0.29) is 16.6 Å².